The molecule has 2 aromatic carbocycles. The fraction of sp³-hybridized carbons (Fsp3) is 0.300. The van der Waals surface area contributed by atoms with E-state index in [-0.39, 0.29) is 6.10 Å². The molecular weight excluding hydrogens is 256 g/mol. The Morgan fingerprint density at radius 1 is 1.05 bits per heavy atom. The minimum Gasteiger partial charge on any atom is -0.393 e. The van der Waals surface area contributed by atoms with E-state index >= 15 is 0 Å². The van der Waals surface area contributed by atoms with Crippen molar-refractivity contribution in [2.75, 3.05) is 0 Å². The van der Waals surface area contributed by atoms with Crippen LogP contribution in [0.25, 0.3) is 6.08 Å². The summed E-state index contributed by atoms with van der Waals surface area (Å²) in [6.07, 6.45) is 6.30. The summed E-state index contributed by atoms with van der Waals surface area (Å²) in [6, 6.07) is 19.0. The van der Waals surface area contributed by atoms with E-state index in [9.17, 15) is 5.11 Å². The van der Waals surface area contributed by atoms with Crippen LogP contribution in [0.3, 0.4) is 0 Å². The van der Waals surface area contributed by atoms with Crippen molar-refractivity contribution in [3.63, 3.8) is 0 Å². The highest BCUT2D eigenvalue weighted by Gasteiger charge is 2.30. The standard InChI is InChI=1S/C20H22O/c1-15(21)18-14-12-17-9-5-6-10-19(17)20(18)13-11-16-7-3-2-4-8-16/h2-11,13,15,18,20-21H,12,14H2,1H3/b13-11+/t15-,18-,20-/m1/s1. The monoisotopic (exact) mass is 278 g/mol. The fourth-order valence-electron chi connectivity index (χ4n) is 3.39. The van der Waals surface area contributed by atoms with Gasteiger partial charge in [0.25, 0.3) is 0 Å². The van der Waals surface area contributed by atoms with Gasteiger partial charge in [0.2, 0.25) is 0 Å². The van der Waals surface area contributed by atoms with Gasteiger partial charge in [-0.15, -0.1) is 0 Å². The Morgan fingerprint density at radius 3 is 2.52 bits per heavy atom. The molecule has 0 heterocycles. The van der Waals surface area contributed by atoms with E-state index < -0.39 is 0 Å². The zero-order valence-corrected chi connectivity index (χ0v) is 12.4. The molecule has 0 aliphatic heterocycles. The van der Waals surface area contributed by atoms with E-state index in [2.05, 4.69) is 60.7 Å². The van der Waals surface area contributed by atoms with Gasteiger partial charge in [0.15, 0.2) is 0 Å². The first-order valence-electron chi connectivity index (χ1n) is 7.75. The molecule has 1 heteroatoms. The summed E-state index contributed by atoms with van der Waals surface area (Å²) in [5.74, 6) is 0.606. The molecule has 1 nitrogen and oxygen atoms in total. The van der Waals surface area contributed by atoms with Crippen molar-refractivity contribution < 1.29 is 5.11 Å². The largest absolute Gasteiger partial charge is 0.393 e. The minimum atomic E-state index is -0.274. The zero-order valence-electron chi connectivity index (χ0n) is 12.4. The maximum absolute atomic E-state index is 10.1. The summed E-state index contributed by atoms with van der Waals surface area (Å²) in [5.41, 5.74) is 4.02. The Balaban J connectivity index is 1.94. The summed E-state index contributed by atoms with van der Waals surface area (Å²) >= 11 is 0. The predicted octanol–water partition coefficient (Wildman–Crippen LogP) is 4.43. The number of fused-ring (bicyclic) bond motifs is 1. The molecule has 3 atom stereocenters. The van der Waals surface area contributed by atoms with Gasteiger partial charge < -0.3 is 5.11 Å². The summed E-state index contributed by atoms with van der Waals surface area (Å²) < 4.78 is 0. The highest BCUT2D eigenvalue weighted by molar-refractivity contribution is 5.51. The lowest BCUT2D eigenvalue weighted by Gasteiger charge is -2.33. The van der Waals surface area contributed by atoms with Gasteiger partial charge in [-0.25, -0.2) is 0 Å². The van der Waals surface area contributed by atoms with Crippen LogP contribution in [-0.2, 0) is 6.42 Å². The Kier molecular flexibility index (Phi) is 4.21. The van der Waals surface area contributed by atoms with Gasteiger partial charge >= 0.3 is 0 Å². The van der Waals surface area contributed by atoms with E-state index in [4.69, 9.17) is 0 Å². The molecule has 1 N–H and O–H groups in total. The van der Waals surface area contributed by atoms with Crippen molar-refractivity contribution >= 4 is 6.08 Å². The number of benzene rings is 2. The number of aliphatic hydroxyl groups is 1. The van der Waals surface area contributed by atoms with Crippen molar-refractivity contribution in [1.82, 2.24) is 0 Å². The number of rotatable bonds is 3. The maximum atomic E-state index is 10.1. The molecule has 0 saturated carbocycles. The molecular formula is C20H22O. The Bertz CT molecular complexity index is 613. The van der Waals surface area contributed by atoms with Crippen molar-refractivity contribution in [2.24, 2.45) is 5.92 Å². The highest BCUT2D eigenvalue weighted by Crippen LogP contribution is 2.39. The quantitative estimate of drug-likeness (QED) is 0.880. The first-order chi connectivity index (χ1) is 10.3. The predicted molar refractivity (Wildman–Crippen MR) is 88.2 cm³/mol. The molecule has 0 amide bonds. The molecule has 2 aromatic rings. The average molecular weight is 278 g/mol. The van der Waals surface area contributed by atoms with Crippen molar-refractivity contribution in [3.8, 4) is 0 Å². The van der Waals surface area contributed by atoms with Gasteiger partial charge in [-0.3, -0.25) is 0 Å². The molecule has 0 spiro atoms. The van der Waals surface area contributed by atoms with E-state index in [0.29, 0.717) is 11.8 Å². The van der Waals surface area contributed by atoms with Crippen LogP contribution in [0.4, 0.5) is 0 Å². The van der Waals surface area contributed by atoms with E-state index in [1.165, 1.54) is 16.7 Å². The van der Waals surface area contributed by atoms with Crippen molar-refractivity contribution in [3.05, 3.63) is 77.4 Å². The normalized spacial score (nSPS) is 23.0. The molecule has 3 rings (SSSR count). The van der Waals surface area contributed by atoms with E-state index in [1.54, 1.807) is 0 Å². The first-order valence-corrected chi connectivity index (χ1v) is 7.75. The third-order valence-corrected chi connectivity index (χ3v) is 4.54. The summed E-state index contributed by atoms with van der Waals surface area (Å²) in [7, 11) is 0. The smallest absolute Gasteiger partial charge is 0.0549 e. The van der Waals surface area contributed by atoms with Gasteiger partial charge in [0.05, 0.1) is 6.10 Å². The molecule has 108 valence electrons. The molecule has 1 aliphatic rings. The van der Waals surface area contributed by atoms with Gasteiger partial charge in [0, 0.05) is 5.92 Å². The van der Waals surface area contributed by atoms with Crippen LogP contribution in [0.5, 0.6) is 0 Å². The first kappa shape index (κ1) is 14.1. The van der Waals surface area contributed by atoms with E-state index in [0.717, 1.165) is 12.8 Å². The van der Waals surface area contributed by atoms with Crippen molar-refractivity contribution in [2.45, 2.75) is 31.8 Å². The molecule has 0 radical (unpaired) electrons. The molecule has 0 bridgehead atoms. The van der Waals surface area contributed by atoms with Gasteiger partial charge in [0.1, 0.15) is 0 Å². The second-order valence-corrected chi connectivity index (χ2v) is 5.94. The molecule has 0 saturated heterocycles. The number of aryl methyl sites for hydroxylation is 1. The van der Waals surface area contributed by atoms with Gasteiger partial charge in [-0.1, -0.05) is 66.7 Å². The molecule has 1 aliphatic carbocycles. The number of aliphatic hydroxyl groups excluding tert-OH is 1. The second-order valence-electron chi connectivity index (χ2n) is 5.94. The molecule has 21 heavy (non-hydrogen) atoms. The van der Waals surface area contributed by atoms with Crippen LogP contribution in [-0.4, -0.2) is 11.2 Å². The lowest BCUT2D eigenvalue weighted by atomic mass is 9.72. The van der Waals surface area contributed by atoms with Crippen molar-refractivity contribution in [1.29, 1.82) is 0 Å². The molecule has 0 fully saturated rings. The molecule has 0 aromatic heterocycles. The second kappa shape index (κ2) is 6.28. The highest BCUT2D eigenvalue weighted by atomic mass is 16.3. The third kappa shape index (κ3) is 3.08. The summed E-state index contributed by atoms with van der Waals surface area (Å²) in [5, 5.41) is 10.1. The maximum Gasteiger partial charge on any atom is 0.0549 e. The van der Waals surface area contributed by atoms with Crippen LogP contribution in [0.15, 0.2) is 60.7 Å². The SMILES string of the molecule is C[C@@H](O)[C@H]1CCc2ccccc2[C@@H]1/C=C/c1ccccc1. The average Bonchev–Trinajstić information content (AvgIpc) is 2.53. The van der Waals surface area contributed by atoms with E-state index in [1.807, 2.05) is 13.0 Å². The van der Waals surface area contributed by atoms with Crippen LogP contribution >= 0.6 is 0 Å². The minimum absolute atomic E-state index is 0.274. The van der Waals surface area contributed by atoms with Crippen LogP contribution in [0, 0.1) is 5.92 Å². The Labute approximate surface area is 127 Å². The third-order valence-electron chi connectivity index (χ3n) is 4.54. The summed E-state index contributed by atoms with van der Waals surface area (Å²) in [6.45, 7) is 1.92. The summed E-state index contributed by atoms with van der Waals surface area (Å²) in [4.78, 5) is 0. The number of allylic oxidation sites excluding steroid dienone is 1. The lowest BCUT2D eigenvalue weighted by Crippen LogP contribution is -2.28. The van der Waals surface area contributed by atoms with Crippen LogP contribution in [0.2, 0.25) is 0 Å². The zero-order chi connectivity index (χ0) is 14.7. The lowest BCUT2D eigenvalue weighted by molar-refractivity contribution is 0.108. The van der Waals surface area contributed by atoms with Crippen LogP contribution in [0.1, 0.15) is 36.0 Å². The number of hydrogen-bond acceptors (Lipinski definition) is 1. The van der Waals surface area contributed by atoms with Gasteiger partial charge in [-0.2, -0.15) is 0 Å². The Morgan fingerprint density at radius 2 is 1.76 bits per heavy atom. The van der Waals surface area contributed by atoms with Crippen LogP contribution < -0.4 is 0 Å². The fourth-order valence-corrected chi connectivity index (χ4v) is 3.39. The Hall–Kier alpha value is -1.86. The molecule has 0 unspecified atom stereocenters. The number of hydrogen-bond donors (Lipinski definition) is 1. The topological polar surface area (TPSA) is 20.2 Å². The van der Waals surface area contributed by atoms with Gasteiger partial charge in [-0.05, 0) is 42.4 Å².